The number of fused-ring (bicyclic) bond motifs is 1. The van der Waals surface area contributed by atoms with E-state index in [0.717, 1.165) is 25.7 Å². The molecule has 3 heterocycles. The molecule has 8 heteroatoms. The first-order chi connectivity index (χ1) is 14.0. The molecule has 1 N–H and O–H groups in total. The summed E-state index contributed by atoms with van der Waals surface area (Å²) >= 11 is 0. The summed E-state index contributed by atoms with van der Waals surface area (Å²) in [5, 5.41) is 3.38. The molecule has 0 atom stereocenters. The highest BCUT2D eigenvalue weighted by molar-refractivity contribution is 7.89. The van der Waals surface area contributed by atoms with Gasteiger partial charge in [0.15, 0.2) is 5.76 Å². The van der Waals surface area contributed by atoms with Crippen molar-refractivity contribution in [2.45, 2.75) is 44.0 Å². The highest BCUT2D eigenvalue weighted by Crippen LogP contribution is 2.29. The Balaban J connectivity index is 1.60. The van der Waals surface area contributed by atoms with Crippen molar-refractivity contribution in [1.29, 1.82) is 0 Å². The second-order valence-electron chi connectivity index (χ2n) is 7.29. The second-order valence-corrected chi connectivity index (χ2v) is 9.23. The number of hydrogen-bond donors (Lipinski definition) is 1. The molecule has 3 aromatic rings. The summed E-state index contributed by atoms with van der Waals surface area (Å²) in [5.74, 6) is 0.445. The smallest absolute Gasteiger partial charge is 0.287 e. The van der Waals surface area contributed by atoms with E-state index in [2.05, 4.69) is 5.32 Å². The number of benzene rings is 1. The zero-order chi connectivity index (χ0) is 20.4. The number of amides is 1. The highest BCUT2D eigenvalue weighted by Gasteiger charge is 2.26. The van der Waals surface area contributed by atoms with Crippen LogP contribution in [0.3, 0.4) is 0 Å². The third kappa shape index (κ3) is 3.95. The predicted molar refractivity (Wildman–Crippen MR) is 108 cm³/mol. The van der Waals surface area contributed by atoms with E-state index >= 15 is 0 Å². The van der Waals surface area contributed by atoms with Crippen LogP contribution >= 0.6 is 0 Å². The van der Waals surface area contributed by atoms with Crippen LogP contribution in [0.15, 0.2) is 50.3 Å². The molecule has 7 nitrogen and oxygen atoms in total. The first-order valence-electron chi connectivity index (χ1n) is 9.81. The van der Waals surface area contributed by atoms with Crippen molar-refractivity contribution < 1.29 is 22.0 Å². The van der Waals surface area contributed by atoms with Gasteiger partial charge in [-0.2, -0.15) is 4.31 Å². The van der Waals surface area contributed by atoms with Gasteiger partial charge in [-0.15, -0.1) is 0 Å². The number of nitrogens with one attached hydrogen (secondary N) is 1. The minimum atomic E-state index is -3.57. The van der Waals surface area contributed by atoms with Crippen LogP contribution in [-0.4, -0.2) is 31.7 Å². The van der Waals surface area contributed by atoms with Crippen molar-refractivity contribution in [1.82, 2.24) is 9.62 Å². The summed E-state index contributed by atoms with van der Waals surface area (Å²) in [6.07, 6.45) is 5.42. The first kappa shape index (κ1) is 19.7. The van der Waals surface area contributed by atoms with Crippen LogP contribution < -0.4 is 5.32 Å². The number of carbonyl (C=O) groups excluding carboxylic acids is 1. The van der Waals surface area contributed by atoms with E-state index in [1.165, 1.54) is 0 Å². The van der Waals surface area contributed by atoms with Crippen molar-refractivity contribution in [2.75, 3.05) is 13.1 Å². The number of hydrogen-bond acceptors (Lipinski definition) is 5. The number of nitrogens with zero attached hydrogens (tertiary/aromatic N) is 1. The Labute approximate surface area is 169 Å². The minimum absolute atomic E-state index is 0.177. The second kappa shape index (κ2) is 8.04. The Morgan fingerprint density at radius 1 is 1.14 bits per heavy atom. The van der Waals surface area contributed by atoms with E-state index in [9.17, 15) is 13.2 Å². The Morgan fingerprint density at radius 2 is 1.90 bits per heavy atom. The fraction of sp³-hybridized carbons (Fsp3) is 0.381. The molecule has 4 rings (SSSR count). The maximum Gasteiger partial charge on any atom is 0.287 e. The van der Waals surface area contributed by atoms with Gasteiger partial charge in [-0.3, -0.25) is 4.79 Å². The molecule has 1 amide bonds. The predicted octanol–water partition coefficient (Wildman–Crippen LogP) is 3.83. The first-order valence-corrected chi connectivity index (χ1v) is 11.2. The number of furan rings is 2. The zero-order valence-corrected chi connectivity index (χ0v) is 17.1. The molecule has 2 aromatic heterocycles. The molecule has 0 bridgehead atoms. The van der Waals surface area contributed by atoms with Crippen molar-refractivity contribution in [2.24, 2.45) is 0 Å². The highest BCUT2D eigenvalue weighted by atomic mass is 32.2. The largest absolute Gasteiger partial charge is 0.467 e. The normalized spacial score (nSPS) is 16.0. The summed E-state index contributed by atoms with van der Waals surface area (Å²) in [7, 11) is -3.57. The lowest BCUT2D eigenvalue weighted by molar-refractivity contribution is 0.0921. The molecule has 1 aliphatic heterocycles. The van der Waals surface area contributed by atoms with E-state index in [4.69, 9.17) is 8.83 Å². The Morgan fingerprint density at radius 3 is 2.59 bits per heavy atom. The van der Waals surface area contributed by atoms with Crippen molar-refractivity contribution >= 4 is 26.9 Å². The van der Waals surface area contributed by atoms with Crippen LogP contribution in [0.25, 0.3) is 11.0 Å². The molecule has 0 radical (unpaired) electrons. The van der Waals surface area contributed by atoms with Gasteiger partial charge in [0.05, 0.1) is 17.7 Å². The molecular formula is C21H24N2O5S. The van der Waals surface area contributed by atoms with E-state index in [1.54, 1.807) is 47.8 Å². The molecule has 29 heavy (non-hydrogen) atoms. The van der Waals surface area contributed by atoms with Gasteiger partial charge in [-0.1, -0.05) is 12.8 Å². The van der Waals surface area contributed by atoms with Gasteiger partial charge in [0.2, 0.25) is 10.0 Å². The summed E-state index contributed by atoms with van der Waals surface area (Å²) < 4.78 is 38.6. The zero-order valence-electron chi connectivity index (χ0n) is 16.3. The summed E-state index contributed by atoms with van der Waals surface area (Å²) in [5.41, 5.74) is 1.10. The number of sulfonamides is 1. The topological polar surface area (TPSA) is 92.8 Å². The Bertz CT molecular complexity index is 1110. The van der Waals surface area contributed by atoms with Crippen molar-refractivity contribution in [3.8, 4) is 0 Å². The van der Waals surface area contributed by atoms with Gasteiger partial charge in [0.25, 0.3) is 5.91 Å². The molecule has 1 saturated heterocycles. The van der Waals surface area contributed by atoms with Crippen LogP contribution in [-0.2, 0) is 16.6 Å². The Hall–Kier alpha value is -2.58. The number of carbonyl (C=O) groups is 1. The lowest BCUT2D eigenvalue weighted by atomic mass is 10.1. The fourth-order valence-electron chi connectivity index (χ4n) is 3.67. The SMILES string of the molecule is Cc1c(C(=O)NCc2ccco2)oc2ccc(S(=O)(=O)N3CCCCCC3)cc12. The van der Waals surface area contributed by atoms with Crippen molar-refractivity contribution in [3.63, 3.8) is 0 Å². The van der Waals surface area contributed by atoms with Gasteiger partial charge >= 0.3 is 0 Å². The van der Waals surface area contributed by atoms with Crippen LogP contribution in [0.4, 0.5) is 0 Å². The summed E-state index contributed by atoms with van der Waals surface area (Å²) in [6, 6.07) is 8.30. The summed E-state index contributed by atoms with van der Waals surface area (Å²) in [4.78, 5) is 12.8. The van der Waals surface area contributed by atoms with Gasteiger partial charge in [-0.05, 0) is 50.1 Å². The van der Waals surface area contributed by atoms with Gasteiger partial charge in [0.1, 0.15) is 11.3 Å². The van der Waals surface area contributed by atoms with Gasteiger partial charge in [0, 0.05) is 24.0 Å². The molecule has 0 unspecified atom stereocenters. The van der Waals surface area contributed by atoms with Crippen molar-refractivity contribution in [3.05, 3.63) is 53.7 Å². The van der Waals surface area contributed by atoms with E-state index < -0.39 is 10.0 Å². The Kier molecular flexibility index (Phi) is 5.47. The van der Waals surface area contributed by atoms with Crippen LogP contribution in [0.5, 0.6) is 0 Å². The fourth-order valence-corrected chi connectivity index (χ4v) is 5.21. The van der Waals surface area contributed by atoms with E-state index in [-0.39, 0.29) is 23.1 Å². The maximum absolute atomic E-state index is 13.1. The third-order valence-electron chi connectivity index (χ3n) is 5.32. The minimum Gasteiger partial charge on any atom is -0.467 e. The molecule has 1 aromatic carbocycles. The quantitative estimate of drug-likeness (QED) is 0.682. The third-order valence-corrected chi connectivity index (χ3v) is 7.21. The molecule has 0 saturated carbocycles. The van der Waals surface area contributed by atoms with Crippen LogP contribution in [0.2, 0.25) is 0 Å². The molecule has 0 aliphatic carbocycles. The monoisotopic (exact) mass is 416 g/mol. The lowest BCUT2D eigenvalue weighted by Crippen LogP contribution is -2.31. The van der Waals surface area contributed by atoms with E-state index in [0.29, 0.717) is 35.4 Å². The molecule has 154 valence electrons. The average Bonchev–Trinajstić information content (AvgIpc) is 3.24. The standard InChI is InChI=1S/C21H24N2O5S/c1-15-18-13-17(29(25,26)23-10-4-2-3-5-11-23)8-9-19(18)28-20(15)21(24)22-14-16-7-6-12-27-16/h6-9,12-13H,2-5,10-11,14H2,1H3,(H,22,24). The maximum atomic E-state index is 13.1. The molecule has 1 fully saturated rings. The van der Waals surface area contributed by atoms with Crippen LogP contribution in [0, 0.1) is 6.92 Å². The average molecular weight is 416 g/mol. The molecule has 0 spiro atoms. The molecule has 1 aliphatic rings. The van der Waals surface area contributed by atoms with Gasteiger partial charge in [-0.25, -0.2) is 8.42 Å². The van der Waals surface area contributed by atoms with Crippen LogP contribution in [0.1, 0.15) is 47.6 Å². The molecular weight excluding hydrogens is 392 g/mol. The number of aryl methyl sites for hydroxylation is 1. The summed E-state index contributed by atoms with van der Waals surface area (Å²) in [6.45, 7) is 3.10. The number of rotatable bonds is 5. The van der Waals surface area contributed by atoms with Gasteiger partial charge < -0.3 is 14.2 Å². The lowest BCUT2D eigenvalue weighted by Gasteiger charge is -2.19. The van der Waals surface area contributed by atoms with E-state index in [1.807, 2.05) is 0 Å².